The zero-order valence-electron chi connectivity index (χ0n) is 11.5. The molecule has 0 aliphatic rings. The fourth-order valence-corrected chi connectivity index (χ4v) is 1.73. The second kappa shape index (κ2) is 6.06. The van der Waals surface area contributed by atoms with Crippen molar-refractivity contribution < 1.29 is 4.74 Å². The third-order valence-electron chi connectivity index (χ3n) is 2.60. The van der Waals surface area contributed by atoms with Gasteiger partial charge in [0.2, 0.25) is 0 Å². The van der Waals surface area contributed by atoms with Gasteiger partial charge in [0.05, 0.1) is 0 Å². The van der Waals surface area contributed by atoms with E-state index in [1.54, 1.807) is 0 Å². The van der Waals surface area contributed by atoms with Crippen molar-refractivity contribution in [2.45, 2.75) is 58.6 Å². The molecule has 0 aliphatic heterocycles. The van der Waals surface area contributed by atoms with E-state index in [2.05, 4.69) is 19.1 Å². The van der Waals surface area contributed by atoms with Crippen molar-refractivity contribution in [2.24, 2.45) is 5.73 Å². The molecule has 1 atom stereocenters. The minimum atomic E-state index is -0.147. The second-order valence-electron chi connectivity index (χ2n) is 5.53. The average molecular weight is 235 g/mol. The van der Waals surface area contributed by atoms with Gasteiger partial charge in [0.1, 0.15) is 11.4 Å². The molecule has 96 valence electrons. The molecular formula is C15H25NO. The lowest BCUT2D eigenvalue weighted by Gasteiger charge is -2.21. The van der Waals surface area contributed by atoms with E-state index >= 15 is 0 Å². The van der Waals surface area contributed by atoms with Crippen LogP contribution in [-0.4, -0.2) is 5.60 Å². The van der Waals surface area contributed by atoms with Crippen LogP contribution in [0.1, 0.15) is 58.6 Å². The number of unbranched alkanes of at least 4 members (excludes halogenated alkanes) is 1. The summed E-state index contributed by atoms with van der Waals surface area (Å²) in [5.41, 5.74) is 7.16. The quantitative estimate of drug-likeness (QED) is 0.835. The lowest BCUT2D eigenvalue weighted by molar-refractivity contribution is 0.131. The standard InChI is InChI=1S/C15H25NO/c1-5-6-7-14(16)12-8-10-13(11-9-12)17-15(2,3)4/h8-11,14H,5-7,16H2,1-4H3/t14-/m1/s1. The van der Waals surface area contributed by atoms with Crippen LogP contribution < -0.4 is 10.5 Å². The minimum Gasteiger partial charge on any atom is -0.488 e. The number of hydrogen-bond acceptors (Lipinski definition) is 2. The van der Waals surface area contributed by atoms with Crippen LogP contribution in [0.15, 0.2) is 24.3 Å². The molecule has 0 aromatic heterocycles. The summed E-state index contributed by atoms with van der Waals surface area (Å²) in [6, 6.07) is 8.31. The van der Waals surface area contributed by atoms with Crippen molar-refractivity contribution >= 4 is 0 Å². The van der Waals surface area contributed by atoms with Gasteiger partial charge in [-0.3, -0.25) is 0 Å². The molecule has 0 bridgehead atoms. The van der Waals surface area contributed by atoms with Crippen LogP contribution in [0.2, 0.25) is 0 Å². The summed E-state index contributed by atoms with van der Waals surface area (Å²) in [6.45, 7) is 8.34. The Labute approximate surface area is 105 Å². The highest BCUT2D eigenvalue weighted by Gasteiger charge is 2.12. The first kappa shape index (κ1) is 14.0. The SMILES string of the molecule is CCCC[C@@H](N)c1ccc(OC(C)(C)C)cc1. The van der Waals surface area contributed by atoms with Crippen LogP contribution >= 0.6 is 0 Å². The molecule has 2 N–H and O–H groups in total. The van der Waals surface area contributed by atoms with E-state index in [0.717, 1.165) is 12.2 Å². The van der Waals surface area contributed by atoms with E-state index in [4.69, 9.17) is 10.5 Å². The maximum Gasteiger partial charge on any atom is 0.120 e. The van der Waals surface area contributed by atoms with Crippen LogP contribution in [0, 0.1) is 0 Å². The van der Waals surface area contributed by atoms with Crippen molar-refractivity contribution in [3.05, 3.63) is 29.8 Å². The van der Waals surface area contributed by atoms with Crippen molar-refractivity contribution in [3.8, 4) is 5.75 Å². The average Bonchev–Trinajstić information content (AvgIpc) is 2.24. The van der Waals surface area contributed by atoms with Crippen molar-refractivity contribution in [1.82, 2.24) is 0 Å². The van der Waals surface area contributed by atoms with Gasteiger partial charge in [-0.05, 0) is 44.9 Å². The molecular weight excluding hydrogens is 210 g/mol. The molecule has 0 unspecified atom stereocenters. The molecule has 0 heterocycles. The molecule has 2 nitrogen and oxygen atoms in total. The highest BCUT2D eigenvalue weighted by Crippen LogP contribution is 2.22. The normalized spacial score (nSPS) is 13.5. The smallest absolute Gasteiger partial charge is 0.120 e. The molecule has 1 aromatic rings. The van der Waals surface area contributed by atoms with Gasteiger partial charge in [-0.15, -0.1) is 0 Å². The number of ether oxygens (including phenoxy) is 1. The van der Waals surface area contributed by atoms with Gasteiger partial charge in [0, 0.05) is 6.04 Å². The van der Waals surface area contributed by atoms with E-state index in [0.29, 0.717) is 0 Å². The molecule has 1 rings (SSSR count). The van der Waals surface area contributed by atoms with Gasteiger partial charge in [-0.1, -0.05) is 31.9 Å². The summed E-state index contributed by atoms with van der Waals surface area (Å²) in [4.78, 5) is 0. The fraction of sp³-hybridized carbons (Fsp3) is 0.600. The molecule has 0 radical (unpaired) electrons. The Morgan fingerprint density at radius 1 is 1.18 bits per heavy atom. The van der Waals surface area contributed by atoms with Crippen LogP contribution in [-0.2, 0) is 0 Å². The second-order valence-corrected chi connectivity index (χ2v) is 5.53. The van der Waals surface area contributed by atoms with Crippen molar-refractivity contribution in [3.63, 3.8) is 0 Å². The zero-order valence-corrected chi connectivity index (χ0v) is 11.5. The maximum absolute atomic E-state index is 6.12. The van der Waals surface area contributed by atoms with Gasteiger partial charge in [-0.25, -0.2) is 0 Å². The Kier molecular flexibility index (Phi) is 5.01. The largest absolute Gasteiger partial charge is 0.488 e. The molecule has 17 heavy (non-hydrogen) atoms. The topological polar surface area (TPSA) is 35.2 Å². The molecule has 0 saturated heterocycles. The maximum atomic E-state index is 6.12. The predicted molar refractivity (Wildman–Crippen MR) is 73.3 cm³/mol. The van der Waals surface area contributed by atoms with E-state index in [1.165, 1.54) is 18.4 Å². The summed E-state index contributed by atoms with van der Waals surface area (Å²) < 4.78 is 5.78. The summed E-state index contributed by atoms with van der Waals surface area (Å²) >= 11 is 0. The Bertz CT molecular complexity index is 324. The highest BCUT2D eigenvalue weighted by molar-refractivity contribution is 5.29. The minimum absolute atomic E-state index is 0.147. The Morgan fingerprint density at radius 3 is 2.24 bits per heavy atom. The first-order chi connectivity index (χ1) is 7.92. The lowest BCUT2D eigenvalue weighted by atomic mass is 10.0. The molecule has 1 aromatic carbocycles. The number of hydrogen-bond donors (Lipinski definition) is 1. The summed E-state index contributed by atoms with van der Waals surface area (Å²) in [6.07, 6.45) is 3.43. The molecule has 0 amide bonds. The van der Waals surface area contributed by atoms with Gasteiger partial charge in [-0.2, -0.15) is 0 Å². The molecule has 0 saturated carbocycles. The third-order valence-corrected chi connectivity index (χ3v) is 2.60. The highest BCUT2D eigenvalue weighted by atomic mass is 16.5. The Balaban J connectivity index is 2.61. The van der Waals surface area contributed by atoms with E-state index in [-0.39, 0.29) is 11.6 Å². The number of benzene rings is 1. The number of rotatable bonds is 5. The predicted octanol–water partition coefficient (Wildman–Crippen LogP) is 4.05. The Morgan fingerprint density at radius 2 is 1.76 bits per heavy atom. The summed E-state index contributed by atoms with van der Waals surface area (Å²) in [5.74, 6) is 0.906. The van der Waals surface area contributed by atoms with E-state index in [1.807, 2.05) is 32.9 Å². The van der Waals surface area contributed by atoms with Gasteiger partial charge < -0.3 is 10.5 Å². The molecule has 0 aliphatic carbocycles. The van der Waals surface area contributed by atoms with E-state index < -0.39 is 0 Å². The summed E-state index contributed by atoms with van der Waals surface area (Å²) in [5, 5.41) is 0. The van der Waals surface area contributed by atoms with Crippen LogP contribution in [0.25, 0.3) is 0 Å². The van der Waals surface area contributed by atoms with Gasteiger partial charge in [0.25, 0.3) is 0 Å². The monoisotopic (exact) mass is 235 g/mol. The lowest BCUT2D eigenvalue weighted by Crippen LogP contribution is -2.22. The van der Waals surface area contributed by atoms with E-state index in [9.17, 15) is 0 Å². The van der Waals surface area contributed by atoms with Crippen molar-refractivity contribution in [2.75, 3.05) is 0 Å². The number of nitrogens with two attached hydrogens (primary N) is 1. The van der Waals surface area contributed by atoms with Gasteiger partial charge >= 0.3 is 0 Å². The van der Waals surface area contributed by atoms with Gasteiger partial charge in [0.15, 0.2) is 0 Å². The van der Waals surface area contributed by atoms with Crippen LogP contribution in [0.5, 0.6) is 5.75 Å². The Hall–Kier alpha value is -1.02. The summed E-state index contributed by atoms with van der Waals surface area (Å²) in [7, 11) is 0. The third kappa shape index (κ3) is 5.22. The molecule has 0 spiro atoms. The fourth-order valence-electron chi connectivity index (χ4n) is 1.73. The van der Waals surface area contributed by atoms with Crippen molar-refractivity contribution in [1.29, 1.82) is 0 Å². The first-order valence-electron chi connectivity index (χ1n) is 6.47. The van der Waals surface area contributed by atoms with Crippen LogP contribution in [0.3, 0.4) is 0 Å². The molecule has 2 heteroatoms. The molecule has 0 fully saturated rings. The zero-order chi connectivity index (χ0) is 12.9. The first-order valence-corrected chi connectivity index (χ1v) is 6.47. The van der Waals surface area contributed by atoms with Crippen LogP contribution in [0.4, 0.5) is 0 Å².